The highest BCUT2D eigenvalue weighted by molar-refractivity contribution is 5.79. The van der Waals surface area contributed by atoms with Crippen LogP contribution in [0.4, 0.5) is 14.7 Å². The third kappa shape index (κ3) is 3.23. The minimum atomic E-state index is -2.70. The van der Waals surface area contributed by atoms with Gasteiger partial charge < -0.3 is 5.32 Å². The summed E-state index contributed by atoms with van der Waals surface area (Å²) in [7, 11) is 0. The Bertz CT molecular complexity index is 1050. The zero-order valence-electron chi connectivity index (χ0n) is 15.3. The van der Waals surface area contributed by atoms with Gasteiger partial charge in [0.1, 0.15) is 0 Å². The smallest absolute Gasteiger partial charge is 0.267 e. The second-order valence-corrected chi connectivity index (χ2v) is 7.40. The van der Waals surface area contributed by atoms with E-state index in [9.17, 15) is 8.78 Å². The summed E-state index contributed by atoms with van der Waals surface area (Å²) in [6.45, 7) is -0.419. The summed E-state index contributed by atoms with van der Waals surface area (Å²) in [5, 5.41) is 7.36. The second-order valence-electron chi connectivity index (χ2n) is 7.40. The Balaban J connectivity index is 1.43. The molecular weight excluding hydrogens is 362 g/mol. The SMILES string of the molecule is FC(F)(CNc1ncc2c(n1)CCCC=C2c1ccc2nccn2n1)C1CC1. The fourth-order valence-corrected chi connectivity index (χ4v) is 3.59. The zero-order chi connectivity index (χ0) is 19.1. The van der Waals surface area contributed by atoms with Gasteiger partial charge in [-0.05, 0) is 44.2 Å². The van der Waals surface area contributed by atoms with Gasteiger partial charge in [0.2, 0.25) is 5.95 Å². The number of aromatic nitrogens is 5. The van der Waals surface area contributed by atoms with Gasteiger partial charge in [-0.1, -0.05) is 6.08 Å². The van der Waals surface area contributed by atoms with Gasteiger partial charge in [0.15, 0.2) is 5.65 Å². The van der Waals surface area contributed by atoms with Crippen LogP contribution in [0.25, 0.3) is 11.2 Å². The van der Waals surface area contributed by atoms with Crippen LogP contribution >= 0.6 is 0 Å². The van der Waals surface area contributed by atoms with Gasteiger partial charge in [-0.15, -0.1) is 0 Å². The molecular formula is C20H20F2N6. The van der Waals surface area contributed by atoms with E-state index in [0.717, 1.165) is 47.4 Å². The quantitative estimate of drug-likeness (QED) is 0.728. The molecule has 0 bridgehead atoms. The van der Waals surface area contributed by atoms with Crippen molar-refractivity contribution in [1.82, 2.24) is 24.6 Å². The minimum Gasteiger partial charge on any atom is -0.348 e. The van der Waals surface area contributed by atoms with E-state index in [1.807, 2.05) is 12.1 Å². The van der Waals surface area contributed by atoms with Crippen LogP contribution in [-0.4, -0.2) is 37.0 Å². The van der Waals surface area contributed by atoms with Gasteiger partial charge in [-0.3, -0.25) is 0 Å². The zero-order valence-corrected chi connectivity index (χ0v) is 15.3. The molecule has 8 heteroatoms. The lowest BCUT2D eigenvalue weighted by Gasteiger charge is -2.17. The molecule has 5 rings (SSSR count). The maximum atomic E-state index is 13.9. The summed E-state index contributed by atoms with van der Waals surface area (Å²) >= 11 is 0. The van der Waals surface area contributed by atoms with E-state index in [-0.39, 0.29) is 5.95 Å². The lowest BCUT2D eigenvalue weighted by atomic mass is 10.0. The van der Waals surface area contributed by atoms with E-state index in [4.69, 9.17) is 0 Å². The maximum absolute atomic E-state index is 13.9. The van der Waals surface area contributed by atoms with Crippen LogP contribution in [0.5, 0.6) is 0 Å². The van der Waals surface area contributed by atoms with E-state index < -0.39 is 18.4 Å². The lowest BCUT2D eigenvalue weighted by molar-refractivity contribution is -0.00832. The third-order valence-corrected chi connectivity index (χ3v) is 5.31. The molecule has 3 aromatic rings. The van der Waals surface area contributed by atoms with Crippen LogP contribution in [0, 0.1) is 5.92 Å². The van der Waals surface area contributed by atoms with Crippen molar-refractivity contribution >= 4 is 17.2 Å². The lowest BCUT2D eigenvalue weighted by Crippen LogP contribution is -2.30. The van der Waals surface area contributed by atoms with E-state index in [0.29, 0.717) is 12.8 Å². The predicted octanol–water partition coefficient (Wildman–Crippen LogP) is 3.74. The highest BCUT2D eigenvalue weighted by Gasteiger charge is 2.46. The molecule has 28 heavy (non-hydrogen) atoms. The molecule has 1 saturated carbocycles. The van der Waals surface area contributed by atoms with Crippen molar-refractivity contribution in [2.75, 3.05) is 11.9 Å². The van der Waals surface area contributed by atoms with Crippen LogP contribution in [0.1, 0.15) is 42.6 Å². The summed E-state index contributed by atoms with van der Waals surface area (Å²) in [4.78, 5) is 13.1. The second kappa shape index (κ2) is 6.61. The minimum absolute atomic E-state index is 0.262. The number of anilines is 1. The van der Waals surface area contributed by atoms with Crippen LogP contribution in [0.2, 0.25) is 0 Å². The number of fused-ring (bicyclic) bond motifs is 2. The summed E-state index contributed by atoms with van der Waals surface area (Å²) in [5.74, 6) is -2.94. The molecule has 6 nitrogen and oxygen atoms in total. The first-order chi connectivity index (χ1) is 13.6. The van der Waals surface area contributed by atoms with E-state index in [2.05, 4.69) is 31.4 Å². The largest absolute Gasteiger partial charge is 0.348 e. The first kappa shape index (κ1) is 17.2. The van der Waals surface area contributed by atoms with Crippen molar-refractivity contribution in [3.8, 4) is 0 Å². The van der Waals surface area contributed by atoms with Crippen molar-refractivity contribution in [3.05, 3.63) is 53.8 Å². The number of nitrogens with zero attached hydrogens (tertiary/aromatic N) is 5. The Kier molecular flexibility index (Phi) is 4.07. The first-order valence-corrected chi connectivity index (χ1v) is 9.59. The number of rotatable bonds is 5. The molecule has 1 fully saturated rings. The van der Waals surface area contributed by atoms with Gasteiger partial charge in [-0.25, -0.2) is 28.2 Å². The fourth-order valence-electron chi connectivity index (χ4n) is 3.59. The number of hydrogen-bond donors (Lipinski definition) is 1. The molecule has 0 aromatic carbocycles. The van der Waals surface area contributed by atoms with Crippen molar-refractivity contribution in [2.24, 2.45) is 5.92 Å². The Morgan fingerprint density at radius 2 is 2.11 bits per heavy atom. The maximum Gasteiger partial charge on any atom is 0.267 e. The molecule has 0 unspecified atom stereocenters. The number of hydrogen-bond acceptors (Lipinski definition) is 5. The summed E-state index contributed by atoms with van der Waals surface area (Å²) in [6, 6.07) is 3.86. The third-order valence-electron chi connectivity index (χ3n) is 5.31. The Labute approximate surface area is 160 Å². The molecule has 2 aliphatic rings. The van der Waals surface area contributed by atoms with Crippen molar-refractivity contribution in [3.63, 3.8) is 0 Å². The molecule has 0 atom stereocenters. The topological polar surface area (TPSA) is 68.0 Å². The number of imidazole rings is 1. The standard InChI is InChI=1S/C20H20F2N6/c21-20(22,13-5-6-13)12-25-19-24-11-15-14(3-1-2-4-16(15)26-19)17-7-8-18-23-9-10-28(18)27-17/h3,7-11,13H,1-2,4-6,12H2,(H,24,25,26). The van der Waals surface area contributed by atoms with Crippen molar-refractivity contribution < 1.29 is 8.78 Å². The molecule has 1 N–H and O–H groups in total. The molecule has 3 aromatic heterocycles. The molecule has 2 aliphatic carbocycles. The van der Waals surface area contributed by atoms with Crippen LogP contribution in [-0.2, 0) is 6.42 Å². The normalized spacial score (nSPS) is 17.1. The molecule has 0 aliphatic heterocycles. The molecule has 3 heterocycles. The average Bonchev–Trinajstić information content (AvgIpc) is 3.49. The van der Waals surface area contributed by atoms with Crippen molar-refractivity contribution in [2.45, 2.75) is 38.0 Å². The van der Waals surface area contributed by atoms with Gasteiger partial charge >= 0.3 is 0 Å². The number of allylic oxidation sites excluding steroid dienone is 1. The Morgan fingerprint density at radius 3 is 2.96 bits per heavy atom. The van der Waals surface area contributed by atoms with E-state index in [1.165, 1.54) is 0 Å². The van der Waals surface area contributed by atoms with Gasteiger partial charge in [0.25, 0.3) is 5.92 Å². The highest BCUT2D eigenvalue weighted by atomic mass is 19.3. The fraction of sp³-hybridized carbons (Fsp3) is 0.400. The van der Waals surface area contributed by atoms with Gasteiger partial charge in [0, 0.05) is 35.6 Å². The summed E-state index contributed by atoms with van der Waals surface area (Å²) in [5.41, 5.74) is 4.34. The predicted molar refractivity (Wildman–Crippen MR) is 101 cm³/mol. The molecule has 0 spiro atoms. The number of aryl methyl sites for hydroxylation is 1. The number of nitrogens with one attached hydrogen (secondary N) is 1. The van der Waals surface area contributed by atoms with E-state index >= 15 is 0 Å². The summed E-state index contributed by atoms with van der Waals surface area (Å²) in [6.07, 6.45) is 11.2. The van der Waals surface area contributed by atoms with Crippen LogP contribution in [0.15, 0.2) is 36.8 Å². The van der Waals surface area contributed by atoms with Crippen LogP contribution in [0.3, 0.4) is 0 Å². The summed E-state index contributed by atoms with van der Waals surface area (Å²) < 4.78 is 29.6. The molecule has 0 amide bonds. The highest BCUT2D eigenvalue weighted by Crippen LogP contribution is 2.43. The Hall–Kier alpha value is -2.90. The monoisotopic (exact) mass is 382 g/mol. The van der Waals surface area contributed by atoms with E-state index in [1.54, 1.807) is 23.1 Å². The number of alkyl halides is 2. The molecule has 0 radical (unpaired) electrons. The molecule has 0 saturated heterocycles. The van der Waals surface area contributed by atoms with Gasteiger partial charge in [0.05, 0.1) is 17.9 Å². The number of halogens is 2. The van der Waals surface area contributed by atoms with Crippen molar-refractivity contribution in [1.29, 1.82) is 0 Å². The molecule has 144 valence electrons. The Morgan fingerprint density at radius 1 is 1.21 bits per heavy atom. The van der Waals surface area contributed by atoms with Gasteiger partial charge in [-0.2, -0.15) is 5.10 Å². The van der Waals surface area contributed by atoms with Crippen LogP contribution < -0.4 is 5.32 Å². The average molecular weight is 382 g/mol. The first-order valence-electron chi connectivity index (χ1n) is 9.59.